The Bertz CT molecular complexity index is 684. The van der Waals surface area contributed by atoms with Gasteiger partial charge in [-0.25, -0.2) is 4.98 Å². The van der Waals surface area contributed by atoms with Crippen molar-refractivity contribution in [2.24, 2.45) is 13.0 Å². The maximum Gasteiger partial charge on any atom is 0.0955 e. The molecule has 5 nitrogen and oxygen atoms in total. The molecule has 3 atom stereocenters. The SMILES string of the molecule is Cn1cnc2cc(CN3CCOC[C@@H]3[C@@H]3CCC[C@H]3O)ccc21. The highest BCUT2D eigenvalue weighted by Gasteiger charge is 2.37. The Morgan fingerprint density at radius 2 is 2.26 bits per heavy atom. The van der Waals surface area contributed by atoms with Crippen LogP contribution in [0.25, 0.3) is 11.0 Å². The van der Waals surface area contributed by atoms with Crippen molar-refractivity contribution in [2.45, 2.75) is 38.0 Å². The number of aromatic nitrogens is 2. The fourth-order valence-electron chi connectivity index (χ4n) is 4.18. The van der Waals surface area contributed by atoms with Crippen molar-refractivity contribution in [2.75, 3.05) is 19.8 Å². The van der Waals surface area contributed by atoms with Crippen molar-refractivity contribution in [3.8, 4) is 0 Å². The van der Waals surface area contributed by atoms with Crippen LogP contribution < -0.4 is 0 Å². The molecule has 1 aromatic heterocycles. The van der Waals surface area contributed by atoms with Crippen LogP contribution in [0.4, 0.5) is 0 Å². The number of fused-ring (bicyclic) bond motifs is 1. The summed E-state index contributed by atoms with van der Waals surface area (Å²) in [6.07, 6.45) is 4.89. The van der Waals surface area contributed by atoms with E-state index in [2.05, 4.69) is 28.1 Å². The molecule has 1 aliphatic carbocycles. The van der Waals surface area contributed by atoms with Crippen molar-refractivity contribution < 1.29 is 9.84 Å². The third-order valence-electron chi connectivity index (χ3n) is 5.48. The predicted molar refractivity (Wildman–Crippen MR) is 89.1 cm³/mol. The lowest BCUT2D eigenvalue weighted by atomic mass is 9.94. The number of hydrogen-bond acceptors (Lipinski definition) is 4. The molecule has 4 rings (SSSR count). The van der Waals surface area contributed by atoms with E-state index in [1.165, 1.54) is 11.1 Å². The number of rotatable bonds is 3. The maximum atomic E-state index is 10.3. The molecule has 0 bridgehead atoms. The van der Waals surface area contributed by atoms with Crippen LogP contribution in [0.2, 0.25) is 0 Å². The van der Waals surface area contributed by atoms with Gasteiger partial charge in [0.15, 0.2) is 0 Å². The van der Waals surface area contributed by atoms with E-state index in [9.17, 15) is 5.11 Å². The van der Waals surface area contributed by atoms with Crippen molar-refractivity contribution in [1.82, 2.24) is 14.5 Å². The average Bonchev–Trinajstić information content (AvgIpc) is 3.14. The predicted octanol–water partition coefficient (Wildman–Crippen LogP) is 1.94. The number of hydrogen-bond donors (Lipinski definition) is 1. The number of ether oxygens (including phenoxy) is 1. The number of aryl methyl sites for hydroxylation is 1. The van der Waals surface area contributed by atoms with Crippen molar-refractivity contribution >= 4 is 11.0 Å². The standard InChI is InChI=1S/C18H25N3O2/c1-20-12-19-15-9-13(5-6-16(15)20)10-21-7-8-23-11-17(21)14-3-2-4-18(14)22/h5-6,9,12,14,17-18,22H,2-4,7-8,10-11H2,1H3/t14-,17+,18+/m0/s1. The van der Waals surface area contributed by atoms with Crippen molar-refractivity contribution in [3.05, 3.63) is 30.1 Å². The first-order valence-electron chi connectivity index (χ1n) is 8.62. The Morgan fingerprint density at radius 1 is 1.35 bits per heavy atom. The van der Waals surface area contributed by atoms with Crippen LogP contribution in [0.15, 0.2) is 24.5 Å². The lowest BCUT2D eigenvalue weighted by Crippen LogP contribution is -2.50. The molecule has 1 aromatic carbocycles. The molecule has 0 radical (unpaired) electrons. The Morgan fingerprint density at radius 3 is 3.09 bits per heavy atom. The minimum Gasteiger partial charge on any atom is -0.393 e. The Balaban J connectivity index is 1.54. The number of benzene rings is 1. The molecule has 2 heterocycles. The van der Waals surface area contributed by atoms with Gasteiger partial charge in [-0.3, -0.25) is 4.90 Å². The molecule has 124 valence electrons. The van der Waals surface area contributed by atoms with Gasteiger partial charge in [0.1, 0.15) is 0 Å². The molecular formula is C18H25N3O2. The zero-order chi connectivity index (χ0) is 15.8. The minimum absolute atomic E-state index is 0.164. The zero-order valence-electron chi connectivity index (χ0n) is 13.7. The minimum atomic E-state index is -0.164. The van der Waals surface area contributed by atoms with Crippen molar-refractivity contribution in [3.63, 3.8) is 0 Å². The molecule has 2 fully saturated rings. The third kappa shape index (κ3) is 2.89. The zero-order valence-corrected chi connectivity index (χ0v) is 13.7. The highest BCUT2D eigenvalue weighted by atomic mass is 16.5. The highest BCUT2D eigenvalue weighted by Crippen LogP contribution is 2.33. The van der Waals surface area contributed by atoms with Gasteiger partial charge in [-0.2, -0.15) is 0 Å². The molecule has 2 aliphatic rings. The average molecular weight is 315 g/mol. The van der Waals surface area contributed by atoms with E-state index in [0.717, 1.165) is 51.1 Å². The van der Waals surface area contributed by atoms with Gasteiger partial charge in [0.05, 0.1) is 36.7 Å². The van der Waals surface area contributed by atoms with Gasteiger partial charge in [-0.05, 0) is 30.5 Å². The lowest BCUT2D eigenvalue weighted by molar-refractivity contribution is -0.0536. The van der Waals surface area contributed by atoms with Crippen molar-refractivity contribution in [1.29, 1.82) is 0 Å². The number of aliphatic hydroxyl groups is 1. The van der Waals surface area contributed by atoms with E-state index in [1.54, 1.807) is 0 Å². The van der Waals surface area contributed by atoms with Crippen LogP contribution >= 0.6 is 0 Å². The molecule has 0 spiro atoms. The van der Waals surface area contributed by atoms with Crippen LogP contribution in [0.5, 0.6) is 0 Å². The summed E-state index contributed by atoms with van der Waals surface area (Å²) in [4.78, 5) is 6.95. The summed E-state index contributed by atoms with van der Waals surface area (Å²) in [7, 11) is 2.02. The summed E-state index contributed by atoms with van der Waals surface area (Å²) in [5.41, 5.74) is 3.50. The summed E-state index contributed by atoms with van der Waals surface area (Å²) in [5.74, 6) is 0.355. The lowest BCUT2D eigenvalue weighted by Gasteiger charge is -2.40. The van der Waals surface area contributed by atoms with E-state index in [0.29, 0.717) is 12.0 Å². The van der Waals surface area contributed by atoms with Gasteiger partial charge in [0, 0.05) is 32.1 Å². The number of aliphatic hydroxyl groups excluding tert-OH is 1. The van der Waals surface area contributed by atoms with E-state index in [-0.39, 0.29) is 6.10 Å². The second-order valence-corrected chi connectivity index (χ2v) is 6.95. The fourth-order valence-corrected chi connectivity index (χ4v) is 4.18. The number of imidazole rings is 1. The van der Waals surface area contributed by atoms with Gasteiger partial charge < -0.3 is 14.4 Å². The molecule has 1 aliphatic heterocycles. The van der Waals surface area contributed by atoms with Crippen LogP contribution in [0.1, 0.15) is 24.8 Å². The monoisotopic (exact) mass is 315 g/mol. The smallest absolute Gasteiger partial charge is 0.0955 e. The quantitative estimate of drug-likeness (QED) is 0.940. The number of morpholine rings is 1. The molecule has 0 unspecified atom stereocenters. The largest absolute Gasteiger partial charge is 0.393 e. The van der Waals surface area contributed by atoms with Gasteiger partial charge in [0.25, 0.3) is 0 Å². The molecule has 0 amide bonds. The fraction of sp³-hybridized carbons (Fsp3) is 0.611. The molecular weight excluding hydrogens is 290 g/mol. The molecule has 2 aromatic rings. The molecule has 23 heavy (non-hydrogen) atoms. The third-order valence-corrected chi connectivity index (χ3v) is 5.48. The van der Waals surface area contributed by atoms with E-state index in [1.807, 2.05) is 17.9 Å². The maximum absolute atomic E-state index is 10.3. The Labute approximate surface area is 136 Å². The van der Waals surface area contributed by atoms with Gasteiger partial charge in [-0.15, -0.1) is 0 Å². The van der Waals surface area contributed by atoms with Crippen LogP contribution in [-0.2, 0) is 18.3 Å². The summed E-state index contributed by atoms with van der Waals surface area (Å²) in [5, 5.41) is 10.3. The molecule has 5 heteroatoms. The molecule has 1 saturated carbocycles. The first kappa shape index (κ1) is 15.1. The first-order valence-corrected chi connectivity index (χ1v) is 8.62. The molecule has 1 saturated heterocycles. The topological polar surface area (TPSA) is 50.5 Å². The van der Waals surface area contributed by atoms with Crippen LogP contribution in [-0.4, -0.2) is 51.5 Å². The normalized spacial score (nSPS) is 29.4. The summed E-state index contributed by atoms with van der Waals surface area (Å²) >= 11 is 0. The summed E-state index contributed by atoms with van der Waals surface area (Å²) in [6.45, 7) is 3.37. The van der Waals surface area contributed by atoms with E-state index in [4.69, 9.17) is 4.74 Å². The van der Waals surface area contributed by atoms with Gasteiger partial charge in [0.2, 0.25) is 0 Å². The highest BCUT2D eigenvalue weighted by molar-refractivity contribution is 5.75. The summed E-state index contributed by atoms with van der Waals surface area (Å²) in [6, 6.07) is 6.87. The summed E-state index contributed by atoms with van der Waals surface area (Å²) < 4.78 is 7.76. The second-order valence-electron chi connectivity index (χ2n) is 6.95. The Kier molecular flexibility index (Phi) is 4.09. The van der Waals surface area contributed by atoms with Gasteiger partial charge >= 0.3 is 0 Å². The van der Waals surface area contributed by atoms with Gasteiger partial charge in [-0.1, -0.05) is 12.5 Å². The first-order chi connectivity index (χ1) is 11.2. The van der Waals surface area contributed by atoms with Crippen LogP contribution in [0.3, 0.4) is 0 Å². The van der Waals surface area contributed by atoms with E-state index < -0.39 is 0 Å². The van der Waals surface area contributed by atoms with Crippen LogP contribution in [0, 0.1) is 5.92 Å². The number of nitrogens with zero attached hydrogens (tertiary/aromatic N) is 3. The second kappa shape index (κ2) is 6.23. The van der Waals surface area contributed by atoms with E-state index >= 15 is 0 Å². The Hall–Kier alpha value is -1.43. The molecule has 1 N–H and O–H groups in total.